The third kappa shape index (κ3) is 2.36. The largest absolute Gasteiger partial charge is 0.310 e. The van der Waals surface area contributed by atoms with Crippen LogP contribution in [0.15, 0.2) is 0 Å². The molecule has 0 saturated heterocycles. The Hall–Kier alpha value is -1.46. The number of hydrogen-bond acceptors (Lipinski definition) is 5. The average Bonchev–Trinajstić information content (AvgIpc) is 2.84. The first-order chi connectivity index (χ1) is 11.8. The Morgan fingerprint density at radius 1 is 1.08 bits per heavy atom. The minimum atomic E-state index is -0.688. The molecule has 0 spiro atoms. The van der Waals surface area contributed by atoms with Crippen molar-refractivity contribution in [3.63, 3.8) is 0 Å². The van der Waals surface area contributed by atoms with Gasteiger partial charge in [-0.05, 0) is 61.2 Å². The molecule has 0 N–H and O–H groups in total. The van der Waals surface area contributed by atoms with Gasteiger partial charge in [-0.2, -0.15) is 0 Å². The Balaban J connectivity index is 1.71. The van der Waals surface area contributed by atoms with Gasteiger partial charge in [0.25, 0.3) is 5.09 Å². The maximum atomic E-state index is 12.5. The minimum Gasteiger partial charge on any atom is -0.310 e. The second-order valence-corrected chi connectivity index (χ2v) is 9.25. The lowest BCUT2D eigenvalue weighted by Crippen LogP contribution is -2.58. The zero-order valence-corrected chi connectivity index (χ0v) is 15.0. The number of carbonyl (C=O) groups excluding carboxylic acids is 2. The highest BCUT2D eigenvalue weighted by atomic mass is 17.0. The van der Waals surface area contributed by atoms with Gasteiger partial charge in [-0.1, -0.05) is 13.8 Å². The Labute approximate surface area is 147 Å². The SMILES string of the molecule is C[C@]12CCC(=O)CC1[C@H](O[N+](=O)[O-])CC1C2CC[C@]2(C)C(=O)CCC12. The fourth-order valence-corrected chi connectivity index (χ4v) is 7.06. The van der Waals surface area contributed by atoms with Gasteiger partial charge in [0.1, 0.15) is 17.7 Å². The first-order valence-electron chi connectivity index (χ1n) is 9.62. The molecule has 25 heavy (non-hydrogen) atoms. The van der Waals surface area contributed by atoms with Gasteiger partial charge in [0.05, 0.1) is 0 Å². The van der Waals surface area contributed by atoms with E-state index in [9.17, 15) is 19.7 Å². The zero-order chi connectivity index (χ0) is 18.0. The summed E-state index contributed by atoms with van der Waals surface area (Å²) in [5.41, 5.74) is -0.349. The summed E-state index contributed by atoms with van der Waals surface area (Å²) < 4.78 is 0. The summed E-state index contributed by atoms with van der Waals surface area (Å²) in [6.07, 6.45) is 5.35. The first kappa shape index (κ1) is 17.0. The van der Waals surface area contributed by atoms with Gasteiger partial charge in [-0.3, -0.25) is 9.59 Å². The van der Waals surface area contributed by atoms with E-state index in [4.69, 9.17) is 4.84 Å². The molecule has 0 aromatic carbocycles. The molecule has 6 nitrogen and oxygen atoms in total. The number of carbonyl (C=O) groups is 2. The fraction of sp³-hybridized carbons (Fsp3) is 0.895. The second-order valence-electron chi connectivity index (χ2n) is 9.25. The van der Waals surface area contributed by atoms with Gasteiger partial charge in [0.15, 0.2) is 0 Å². The molecule has 0 bridgehead atoms. The van der Waals surface area contributed by atoms with Crippen molar-refractivity contribution in [1.82, 2.24) is 0 Å². The first-order valence-corrected chi connectivity index (χ1v) is 9.62. The van der Waals surface area contributed by atoms with E-state index in [1.165, 1.54) is 0 Å². The lowest BCUT2D eigenvalue weighted by atomic mass is 9.44. The standard InChI is InChI=1S/C19H27NO5/c1-18-7-5-11(21)9-15(18)16(25-20(23)24)10-12-13-3-4-17(22)19(13,2)8-6-14(12)18/h12-16H,3-10H2,1-2H3/t12?,13?,14?,15?,16-,18-,19+/m1/s1. The van der Waals surface area contributed by atoms with Crippen molar-refractivity contribution in [1.29, 1.82) is 0 Å². The molecule has 4 saturated carbocycles. The van der Waals surface area contributed by atoms with Crippen molar-refractivity contribution >= 4 is 11.6 Å². The van der Waals surface area contributed by atoms with Crippen molar-refractivity contribution in [2.75, 3.05) is 0 Å². The molecule has 0 heterocycles. The van der Waals surface area contributed by atoms with Gasteiger partial charge in [-0.15, -0.1) is 10.1 Å². The van der Waals surface area contributed by atoms with Crippen LogP contribution in [0.3, 0.4) is 0 Å². The highest BCUT2D eigenvalue weighted by molar-refractivity contribution is 5.87. The molecule has 0 amide bonds. The molecular weight excluding hydrogens is 322 g/mol. The smallest absolute Gasteiger partial charge is 0.294 e. The van der Waals surface area contributed by atoms with Gasteiger partial charge in [-0.25, -0.2) is 0 Å². The van der Waals surface area contributed by atoms with Gasteiger partial charge >= 0.3 is 0 Å². The van der Waals surface area contributed by atoms with Crippen LogP contribution in [-0.4, -0.2) is 22.8 Å². The van der Waals surface area contributed by atoms with Crippen molar-refractivity contribution in [2.45, 2.75) is 71.3 Å². The summed E-state index contributed by atoms with van der Waals surface area (Å²) in [7, 11) is 0. The van der Waals surface area contributed by atoms with Crippen molar-refractivity contribution in [3.05, 3.63) is 10.1 Å². The minimum absolute atomic E-state index is 0.0677. The van der Waals surface area contributed by atoms with Crippen LogP contribution in [0, 0.1) is 44.6 Å². The molecule has 4 rings (SSSR count). The Morgan fingerprint density at radius 2 is 1.84 bits per heavy atom. The van der Waals surface area contributed by atoms with Crippen molar-refractivity contribution in [2.24, 2.45) is 34.5 Å². The summed E-state index contributed by atoms with van der Waals surface area (Å²) in [6.45, 7) is 4.32. The number of nitrogens with zero attached hydrogens (tertiary/aromatic N) is 1. The lowest BCUT2D eigenvalue weighted by molar-refractivity contribution is -0.772. The molecule has 4 aliphatic carbocycles. The lowest BCUT2D eigenvalue weighted by Gasteiger charge is -2.60. The Kier molecular flexibility index (Phi) is 3.75. The van der Waals surface area contributed by atoms with Gasteiger partial charge in [0, 0.05) is 24.7 Å². The summed E-state index contributed by atoms with van der Waals surface area (Å²) in [4.78, 5) is 40.7. The monoisotopic (exact) mass is 349 g/mol. The van der Waals surface area contributed by atoms with Crippen LogP contribution >= 0.6 is 0 Å². The summed E-state index contributed by atoms with van der Waals surface area (Å²) in [5.74, 6) is 1.56. The number of Topliss-reactive ketones (excluding diaryl/α,β-unsaturated/α-hetero) is 2. The molecule has 4 unspecified atom stereocenters. The molecule has 4 fully saturated rings. The maximum Gasteiger partial charge on any atom is 0.294 e. The van der Waals surface area contributed by atoms with Crippen LogP contribution in [0.5, 0.6) is 0 Å². The van der Waals surface area contributed by atoms with Crippen LogP contribution < -0.4 is 0 Å². The summed E-state index contributed by atoms with van der Waals surface area (Å²) in [6, 6.07) is 0. The molecule has 0 aromatic heterocycles. The predicted octanol–water partition coefficient (Wildman–Crippen LogP) is 3.35. The van der Waals surface area contributed by atoms with Gasteiger partial charge < -0.3 is 4.84 Å². The van der Waals surface area contributed by atoms with Crippen LogP contribution in [0.1, 0.15) is 65.2 Å². The van der Waals surface area contributed by atoms with Crippen molar-refractivity contribution in [3.8, 4) is 0 Å². The normalized spacial score (nSPS) is 49.1. The Morgan fingerprint density at radius 3 is 2.56 bits per heavy atom. The van der Waals surface area contributed by atoms with Crippen LogP contribution in [0.2, 0.25) is 0 Å². The van der Waals surface area contributed by atoms with E-state index in [1.807, 2.05) is 0 Å². The second kappa shape index (κ2) is 5.52. The fourth-order valence-electron chi connectivity index (χ4n) is 7.06. The van der Waals surface area contributed by atoms with Gasteiger partial charge in [0.2, 0.25) is 0 Å². The number of rotatable bonds is 2. The van der Waals surface area contributed by atoms with E-state index in [2.05, 4.69) is 13.8 Å². The molecular formula is C19H27NO5. The predicted molar refractivity (Wildman–Crippen MR) is 89.0 cm³/mol. The van der Waals surface area contributed by atoms with Crippen LogP contribution in [0.4, 0.5) is 0 Å². The van der Waals surface area contributed by atoms with Crippen molar-refractivity contribution < 1.29 is 19.5 Å². The third-order valence-electron chi connectivity index (χ3n) is 8.41. The maximum absolute atomic E-state index is 12.5. The topological polar surface area (TPSA) is 86.5 Å². The summed E-state index contributed by atoms with van der Waals surface area (Å²) >= 11 is 0. The van der Waals surface area contributed by atoms with E-state index < -0.39 is 11.2 Å². The average molecular weight is 349 g/mol. The van der Waals surface area contributed by atoms with E-state index in [0.29, 0.717) is 49.2 Å². The van der Waals surface area contributed by atoms with Crippen LogP contribution in [0.25, 0.3) is 0 Å². The molecule has 6 heteroatoms. The number of hydrogen-bond donors (Lipinski definition) is 0. The molecule has 7 atom stereocenters. The van der Waals surface area contributed by atoms with E-state index >= 15 is 0 Å². The van der Waals surface area contributed by atoms with E-state index in [-0.39, 0.29) is 22.5 Å². The molecule has 0 radical (unpaired) electrons. The zero-order valence-electron chi connectivity index (χ0n) is 15.0. The number of fused-ring (bicyclic) bond motifs is 5. The highest BCUT2D eigenvalue weighted by Crippen LogP contribution is 2.65. The number of ketones is 2. The quantitative estimate of drug-likeness (QED) is 0.563. The third-order valence-corrected chi connectivity index (χ3v) is 8.41. The highest BCUT2D eigenvalue weighted by Gasteiger charge is 2.62. The van der Waals surface area contributed by atoms with Crippen LogP contribution in [-0.2, 0) is 14.4 Å². The molecule has 4 aliphatic rings. The van der Waals surface area contributed by atoms with E-state index in [1.54, 1.807) is 0 Å². The Bertz CT molecular complexity index is 633. The molecule has 0 aliphatic heterocycles. The molecule has 138 valence electrons. The molecule has 0 aromatic rings. The van der Waals surface area contributed by atoms with E-state index in [0.717, 1.165) is 25.7 Å². The summed E-state index contributed by atoms with van der Waals surface area (Å²) in [5, 5.41) is 10.4.